The number of hydrogen-bond donors (Lipinski definition) is 1. The highest BCUT2D eigenvalue weighted by atomic mass is 35.5. The summed E-state index contributed by atoms with van der Waals surface area (Å²) in [5, 5.41) is 0.785. The van der Waals surface area contributed by atoms with Gasteiger partial charge in [-0.15, -0.1) is 0 Å². The summed E-state index contributed by atoms with van der Waals surface area (Å²) in [5.74, 6) is 0.490. The number of piperidine rings is 1. The quantitative estimate of drug-likeness (QED) is 0.927. The standard InChI is InChI=1S/C18H20ClN3O/c1-13-3-2-4-16(19)15(13)6-5-14-7-9-22(10-8-14)18(23)17-11-20-12-21-17/h2-6,11-12,14H,7-10H2,1H3,(H,20,21)/b6-5+. The molecule has 1 aromatic heterocycles. The van der Waals surface area contributed by atoms with Crippen LogP contribution in [0.15, 0.2) is 36.8 Å². The topological polar surface area (TPSA) is 49.0 Å². The SMILES string of the molecule is Cc1cccc(Cl)c1/C=C/C1CCN(C(=O)c2c[nH]cn2)CC1. The van der Waals surface area contributed by atoms with Gasteiger partial charge >= 0.3 is 0 Å². The molecule has 1 aliphatic heterocycles. The number of aromatic amines is 1. The summed E-state index contributed by atoms with van der Waals surface area (Å²) in [6, 6.07) is 5.95. The lowest BCUT2D eigenvalue weighted by atomic mass is 9.95. The summed E-state index contributed by atoms with van der Waals surface area (Å²) >= 11 is 6.25. The minimum Gasteiger partial charge on any atom is -0.350 e. The molecule has 120 valence electrons. The van der Waals surface area contributed by atoms with Crippen LogP contribution in [-0.2, 0) is 0 Å². The predicted molar refractivity (Wildman–Crippen MR) is 92.4 cm³/mol. The Bertz CT molecular complexity index is 681. The lowest BCUT2D eigenvalue weighted by Crippen LogP contribution is -2.38. The first kappa shape index (κ1) is 15.8. The van der Waals surface area contributed by atoms with E-state index < -0.39 is 0 Å². The Kier molecular flexibility index (Phi) is 4.82. The van der Waals surface area contributed by atoms with Gasteiger partial charge < -0.3 is 9.88 Å². The third-order valence-corrected chi connectivity index (χ3v) is 4.68. The van der Waals surface area contributed by atoms with E-state index in [1.54, 1.807) is 6.20 Å². The van der Waals surface area contributed by atoms with Gasteiger partial charge in [0.15, 0.2) is 0 Å². The zero-order valence-corrected chi connectivity index (χ0v) is 13.9. The second-order valence-electron chi connectivity index (χ2n) is 5.91. The summed E-state index contributed by atoms with van der Waals surface area (Å²) < 4.78 is 0. The van der Waals surface area contributed by atoms with E-state index in [1.165, 1.54) is 11.9 Å². The molecule has 4 nitrogen and oxygen atoms in total. The van der Waals surface area contributed by atoms with Gasteiger partial charge in [0.1, 0.15) is 5.69 Å². The predicted octanol–water partition coefficient (Wildman–Crippen LogP) is 3.94. The first-order valence-electron chi connectivity index (χ1n) is 7.86. The molecule has 1 amide bonds. The minimum atomic E-state index is 0.00984. The van der Waals surface area contributed by atoms with Gasteiger partial charge in [-0.2, -0.15) is 0 Å². The fraction of sp³-hybridized carbons (Fsp3) is 0.333. The van der Waals surface area contributed by atoms with Crippen LogP contribution in [0.5, 0.6) is 0 Å². The van der Waals surface area contributed by atoms with Gasteiger partial charge in [-0.3, -0.25) is 4.79 Å². The summed E-state index contributed by atoms with van der Waals surface area (Å²) in [7, 11) is 0. The fourth-order valence-corrected chi connectivity index (χ4v) is 3.21. The molecule has 3 rings (SSSR count). The number of imidazole rings is 1. The number of hydrogen-bond acceptors (Lipinski definition) is 2. The molecule has 1 N–H and O–H groups in total. The average molecular weight is 330 g/mol. The van der Waals surface area contributed by atoms with Crippen LogP contribution in [0.3, 0.4) is 0 Å². The van der Waals surface area contributed by atoms with Crippen LogP contribution in [0, 0.1) is 12.8 Å². The molecule has 0 radical (unpaired) electrons. The van der Waals surface area contributed by atoms with E-state index >= 15 is 0 Å². The third kappa shape index (κ3) is 3.64. The van der Waals surface area contributed by atoms with Crippen molar-refractivity contribution in [2.45, 2.75) is 19.8 Å². The highest BCUT2D eigenvalue weighted by Gasteiger charge is 2.23. The Morgan fingerprint density at radius 3 is 2.83 bits per heavy atom. The van der Waals surface area contributed by atoms with Gasteiger partial charge in [0.2, 0.25) is 0 Å². The minimum absolute atomic E-state index is 0.00984. The highest BCUT2D eigenvalue weighted by Crippen LogP contribution is 2.25. The van der Waals surface area contributed by atoms with Crippen LogP contribution in [0.1, 0.15) is 34.5 Å². The molecule has 0 unspecified atom stereocenters. The number of amides is 1. The number of allylic oxidation sites excluding steroid dienone is 1. The molecule has 1 aromatic carbocycles. The van der Waals surface area contributed by atoms with Crippen molar-refractivity contribution < 1.29 is 4.79 Å². The van der Waals surface area contributed by atoms with Crippen molar-refractivity contribution in [1.82, 2.24) is 14.9 Å². The zero-order valence-electron chi connectivity index (χ0n) is 13.1. The molecule has 1 aliphatic rings. The second-order valence-corrected chi connectivity index (χ2v) is 6.32. The maximum absolute atomic E-state index is 12.2. The molecule has 2 aromatic rings. The van der Waals surface area contributed by atoms with Crippen LogP contribution in [-0.4, -0.2) is 33.9 Å². The molecule has 2 heterocycles. The van der Waals surface area contributed by atoms with Crippen molar-refractivity contribution in [3.05, 3.63) is 58.6 Å². The molecule has 0 spiro atoms. The summed E-state index contributed by atoms with van der Waals surface area (Å²) in [6.45, 7) is 3.60. The number of aromatic nitrogens is 2. The molecule has 0 aliphatic carbocycles. The molecule has 0 atom stereocenters. The van der Waals surface area contributed by atoms with Gasteiger partial charge in [-0.25, -0.2) is 4.98 Å². The van der Waals surface area contributed by atoms with Crippen LogP contribution < -0.4 is 0 Å². The largest absolute Gasteiger partial charge is 0.350 e. The molecule has 0 bridgehead atoms. The van der Waals surface area contributed by atoms with Crippen molar-refractivity contribution in [3.8, 4) is 0 Å². The summed E-state index contributed by atoms with van der Waals surface area (Å²) in [4.78, 5) is 21.0. The van der Waals surface area contributed by atoms with E-state index in [1.807, 2.05) is 17.0 Å². The fourth-order valence-electron chi connectivity index (χ4n) is 2.92. The number of carbonyl (C=O) groups is 1. The van der Waals surface area contributed by atoms with Gasteiger partial charge in [-0.1, -0.05) is 35.9 Å². The molecule has 1 saturated heterocycles. The Labute approximate surface area is 141 Å². The smallest absolute Gasteiger partial charge is 0.274 e. The number of aryl methyl sites for hydroxylation is 1. The number of H-pyrrole nitrogens is 1. The maximum atomic E-state index is 12.2. The van der Waals surface area contributed by atoms with Gasteiger partial charge in [0.25, 0.3) is 5.91 Å². The number of likely N-dealkylation sites (tertiary alicyclic amines) is 1. The van der Waals surface area contributed by atoms with Crippen LogP contribution in [0.25, 0.3) is 6.08 Å². The van der Waals surface area contributed by atoms with Crippen molar-refractivity contribution in [3.63, 3.8) is 0 Å². The van der Waals surface area contributed by atoms with E-state index in [0.29, 0.717) is 11.6 Å². The van der Waals surface area contributed by atoms with Crippen LogP contribution >= 0.6 is 11.6 Å². The van der Waals surface area contributed by atoms with Crippen molar-refractivity contribution in [1.29, 1.82) is 0 Å². The third-order valence-electron chi connectivity index (χ3n) is 4.35. The van der Waals surface area contributed by atoms with Crippen molar-refractivity contribution in [2.75, 3.05) is 13.1 Å². The summed E-state index contributed by atoms with van der Waals surface area (Å²) in [5.41, 5.74) is 2.76. The Hall–Kier alpha value is -2.07. The normalized spacial score (nSPS) is 16.2. The first-order chi connectivity index (χ1) is 11.1. The zero-order chi connectivity index (χ0) is 16.2. The Balaban J connectivity index is 1.59. The van der Waals surface area contributed by atoms with E-state index in [-0.39, 0.29) is 5.91 Å². The number of carbonyl (C=O) groups excluding carboxylic acids is 1. The summed E-state index contributed by atoms with van der Waals surface area (Å²) in [6.07, 6.45) is 9.47. The Morgan fingerprint density at radius 1 is 1.39 bits per heavy atom. The molecular formula is C18H20ClN3O. The molecule has 23 heavy (non-hydrogen) atoms. The first-order valence-corrected chi connectivity index (χ1v) is 8.24. The van der Waals surface area contributed by atoms with Gasteiger partial charge in [0.05, 0.1) is 6.33 Å². The van der Waals surface area contributed by atoms with E-state index in [2.05, 4.69) is 35.1 Å². The van der Waals surface area contributed by atoms with Crippen LogP contribution in [0.2, 0.25) is 5.02 Å². The van der Waals surface area contributed by atoms with E-state index in [4.69, 9.17) is 11.6 Å². The second kappa shape index (κ2) is 7.01. The van der Waals surface area contributed by atoms with Gasteiger partial charge in [0, 0.05) is 24.3 Å². The Morgan fingerprint density at radius 2 is 2.17 bits per heavy atom. The van der Waals surface area contributed by atoms with Crippen LogP contribution in [0.4, 0.5) is 0 Å². The highest BCUT2D eigenvalue weighted by molar-refractivity contribution is 6.32. The molecule has 0 saturated carbocycles. The van der Waals surface area contributed by atoms with Gasteiger partial charge in [-0.05, 0) is 42.9 Å². The monoisotopic (exact) mass is 329 g/mol. The number of nitrogens with zero attached hydrogens (tertiary/aromatic N) is 2. The number of nitrogens with one attached hydrogen (secondary N) is 1. The van der Waals surface area contributed by atoms with Crippen molar-refractivity contribution in [2.24, 2.45) is 5.92 Å². The molecule has 5 heteroatoms. The van der Waals surface area contributed by atoms with E-state index in [0.717, 1.165) is 36.5 Å². The van der Waals surface area contributed by atoms with E-state index in [9.17, 15) is 4.79 Å². The number of benzene rings is 1. The molecule has 1 fully saturated rings. The maximum Gasteiger partial charge on any atom is 0.274 e. The lowest BCUT2D eigenvalue weighted by Gasteiger charge is -2.30. The number of halogens is 1. The number of rotatable bonds is 3. The lowest BCUT2D eigenvalue weighted by molar-refractivity contribution is 0.0700. The average Bonchev–Trinajstić information content (AvgIpc) is 3.09. The molecular weight excluding hydrogens is 310 g/mol. The van der Waals surface area contributed by atoms with Crippen molar-refractivity contribution >= 4 is 23.6 Å².